The van der Waals surface area contributed by atoms with E-state index in [9.17, 15) is 26.7 Å². The fourth-order valence-electron chi connectivity index (χ4n) is 6.15. The van der Waals surface area contributed by atoms with Gasteiger partial charge in [-0.25, -0.2) is 13.1 Å². The van der Waals surface area contributed by atoms with Crippen molar-refractivity contribution < 1.29 is 26.7 Å². The van der Waals surface area contributed by atoms with Crippen LogP contribution >= 0.6 is 11.3 Å². The van der Waals surface area contributed by atoms with Crippen LogP contribution in [0.25, 0.3) is 0 Å². The number of aliphatic hydroxyl groups excluding tert-OH is 1. The van der Waals surface area contributed by atoms with Crippen LogP contribution in [0.5, 0.6) is 0 Å². The zero-order chi connectivity index (χ0) is 26.4. The molecule has 13 heteroatoms. The van der Waals surface area contributed by atoms with Crippen LogP contribution in [0, 0.1) is 11.8 Å². The Labute approximate surface area is 222 Å². The average molecular weight is 571 g/mol. The monoisotopic (exact) mass is 570 g/mol. The van der Waals surface area contributed by atoms with Gasteiger partial charge in [0.2, 0.25) is 10.0 Å². The molecule has 10 nitrogen and oxygen atoms in total. The van der Waals surface area contributed by atoms with Gasteiger partial charge in [-0.15, -0.1) is 15.7 Å². The van der Waals surface area contributed by atoms with Crippen LogP contribution in [0.4, 0.5) is 5.00 Å². The molecular formula is C24H34N4O6S3. The highest BCUT2D eigenvalue weighted by molar-refractivity contribution is 7.91. The molecule has 2 aliphatic heterocycles. The van der Waals surface area contributed by atoms with Gasteiger partial charge in [0.1, 0.15) is 21.2 Å². The number of nitrogens with zero attached hydrogens (tertiary/aromatic N) is 2. The second-order valence-electron chi connectivity index (χ2n) is 10.6. The lowest BCUT2D eigenvalue weighted by Crippen LogP contribution is -2.53. The van der Waals surface area contributed by atoms with E-state index in [4.69, 9.17) is 0 Å². The van der Waals surface area contributed by atoms with E-state index in [1.54, 1.807) is 5.38 Å². The Hall–Kier alpha value is -1.96. The van der Waals surface area contributed by atoms with E-state index < -0.39 is 20.0 Å². The van der Waals surface area contributed by atoms with Crippen LogP contribution in [0.2, 0.25) is 0 Å². The molecule has 2 aliphatic carbocycles. The number of sulfonamides is 2. The number of hydrogen-bond donors (Lipinski definition) is 3. The summed E-state index contributed by atoms with van der Waals surface area (Å²) in [6.07, 6.45) is 11.2. The van der Waals surface area contributed by atoms with E-state index in [1.807, 2.05) is 4.90 Å². The highest BCUT2D eigenvalue weighted by atomic mass is 32.2. The first kappa shape index (κ1) is 26.6. The minimum absolute atomic E-state index is 0.0580. The molecular weight excluding hydrogens is 536 g/mol. The number of carbonyl (C=O) groups is 1. The minimum Gasteiger partial charge on any atom is -0.511 e. The first-order valence-electron chi connectivity index (χ1n) is 13.0. The van der Waals surface area contributed by atoms with Crippen molar-refractivity contribution >= 4 is 48.1 Å². The number of amidine groups is 1. The lowest BCUT2D eigenvalue weighted by Gasteiger charge is -2.43. The van der Waals surface area contributed by atoms with Crippen LogP contribution < -0.4 is 10.0 Å². The summed E-state index contributed by atoms with van der Waals surface area (Å²) in [5.41, 5.74) is 0.217. The van der Waals surface area contributed by atoms with Gasteiger partial charge >= 0.3 is 0 Å². The topological polar surface area (TPSA) is 145 Å². The van der Waals surface area contributed by atoms with Crippen molar-refractivity contribution in [2.45, 2.75) is 81.7 Å². The van der Waals surface area contributed by atoms with Crippen molar-refractivity contribution in [1.29, 1.82) is 0 Å². The van der Waals surface area contributed by atoms with Crippen LogP contribution in [0.3, 0.4) is 0 Å². The largest absolute Gasteiger partial charge is 0.511 e. The Balaban J connectivity index is 1.50. The maximum absolute atomic E-state index is 13.9. The summed E-state index contributed by atoms with van der Waals surface area (Å²) >= 11 is 1.10. The summed E-state index contributed by atoms with van der Waals surface area (Å²) in [5, 5.41) is 16.2. The van der Waals surface area contributed by atoms with E-state index in [0.29, 0.717) is 12.5 Å². The van der Waals surface area contributed by atoms with Gasteiger partial charge < -0.3 is 15.3 Å². The van der Waals surface area contributed by atoms with E-state index in [2.05, 4.69) is 14.4 Å². The zero-order valence-electron chi connectivity index (χ0n) is 20.9. The Kier molecular flexibility index (Phi) is 7.42. The molecule has 1 aromatic rings. The Morgan fingerprint density at radius 3 is 2.51 bits per heavy atom. The maximum Gasteiger partial charge on any atom is 0.287 e. The van der Waals surface area contributed by atoms with Gasteiger partial charge in [-0.1, -0.05) is 38.5 Å². The van der Waals surface area contributed by atoms with Crippen molar-refractivity contribution in [3.63, 3.8) is 0 Å². The number of hydrogen-bond acceptors (Lipinski definition) is 8. The summed E-state index contributed by atoms with van der Waals surface area (Å²) < 4.78 is 55.8. The van der Waals surface area contributed by atoms with Crippen molar-refractivity contribution in [3.05, 3.63) is 22.3 Å². The van der Waals surface area contributed by atoms with Gasteiger partial charge in [-0.3, -0.25) is 4.79 Å². The van der Waals surface area contributed by atoms with Gasteiger partial charge in [0.05, 0.1) is 6.26 Å². The predicted molar refractivity (Wildman–Crippen MR) is 143 cm³/mol. The molecule has 4 aliphatic rings. The number of anilines is 1. The predicted octanol–water partition coefficient (Wildman–Crippen LogP) is 3.49. The first-order chi connectivity index (χ1) is 17.5. The molecule has 0 aromatic carbocycles. The summed E-state index contributed by atoms with van der Waals surface area (Å²) in [5.74, 6) is -0.438. The summed E-state index contributed by atoms with van der Waals surface area (Å²) in [6, 6.07) is -0.0903. The number of aliphatic hydroxyl groups is 1. The Morgan fingerprint density at radius 1 is 1.14 bits per heavy atom. The third-order valence-corrected chi connectivity index (χ3v) is 11.1. The molecule has 3 N–H and O–H groups in total. The van der Waals surface area contributed by atoms with Crippen molar-refractivity contribution in [2.24, 2.45) is 16.2 Å². The minimum atomic E-state index is -4.24. The van der Waals surface area contributed by atoms with Crippen molar-refractivity contribution in [2.75, 3.05) is 18.1 Å². The molecule has 2 fully saturated rings. The summed E-state index contributed by atoms with van der Waals surface area (Å²) in [7, 11) is -7.77. The molecule has 1 amide bonds. The number of rotatable bonds is 6. The summed E-state index contributed by atoms with van der Waals surface area (Å²) in [6.45, 7) is 0.421. The number of thiophene rings is 1. The Bertz CT molecular complexity index is 1340. The van der Waals surface area contributed by atoms with E-state index in [0.717, 1.165) is 75.4 Å². The number of nitrogens with one attached hydrogen (secondary N) is 2. The second kappa shape index (κ2) is 10.3. The quantitative estimate of drug-likeness (QED) is 0.475. The third-order valence-electron chi connectivity index (χ3n) is 7.92. The third kappa shape index (κ3) is 5.45. The average Bonchev–Trinajstić information content (AvgIpc) is 3.09. The van der Waals surface area contributed by atoms with Gasteiger partial charge in [-0.05, 0) is 37.0 Å². The SMILES string of the molecule is CS(=O)(=O)NCc1csc2c1S(=O)(=O)N=C(C1=C(O)[C@@H]3CCCCC[C@@H]3N(CC3CCCCC3)C1=O)N2. The maximum atomic E-state index is 13.9. The number of carbonyl (C=O) groups excluding carboxylic acids is 1. The normalized spacial score (nSPS) is 26.7. The highest BCUT2D eigenvalue weighted by Crippen LogP contribution is 2.42. The van der Waals surface area contributed by atoms with E-state index in [1.165, 1.54) is 6.42 Å². The Morgan fingerprint density at radius 2 is 1.81 bits per heavy atom. The van der Waals surface area contributed by atoms with Crippen molar-refractivity contribution in [1.82, 2.24) is 9.62 Å². The molecule has 37 heavy (non-hydrogen) atoms. The molecule has 5 rings (SSSR count). The molecule has 0 unspecified atom stereocenters. The molecule has 3 heterocycles. The molecule has 0 bridgehead atoms. The first-order valence-corrected chi connectivity index (χ1v) is 17.2. The fraction of sp³-hybridized carbons (Fsp3) is 0.667. The molecule has 204 valence electrons. The standard InChI is InChI=1S/C24H34N4O6S3/c1-36(31,32)25-12-16-14-35-23-21(16)37(33,34)27-22(26-23)19-20(29)17-10-6-3-7-11-18(17)28(24(19)30)13-15-8-4-2-5-9-15/h14-15,17-18,25,29H,2-13H2,1H3,(H,26,27)/t17-,18+/m1/s1. The van der Waals surface area contributed by atoms with Gasteiger partial charge in [0.15, 0.2) is 5.84 Å². The van der Waals surface area contributed by atoms with Crippen molar-refractivity contribution in [3.8, 4) is 0 Å². The van der Waals surface area contributed by atoms with Crippen LogP contribution in [-0.4, -0.2) is 57.4 Å². The molecule has 0 radical (unpaired) electrons. The molecule has 0 saturated heterocycles. The fourth-order valence-corrected chi connectivity index (χ4v) is 9.17. The summed E-state index contributed by atoms with van der Waals surface area (Å²) in [4.78, 5) is 15.7. The lowest BCUT2D eigenvalue weighted by atomic mass is 9.82. The van der Waals surface area contributed by atoms with Gasteiger partial charge in [-0.2, -0.15) is 8.42 Å². The molecule has 2 saturated carbocycles. The van der Waals surface area contributed by atoms with E-state index >= 15 is 0 Å². The highest BCUT2D eigenvalue weighted by Gasteiger charge is 2.45. The second-order valence-corrected chi connectivity index (χ2v) is 14.8. The number of fused-ring (bicyclic) bond motifs is 2. The number of amides is 1. The van der Waals surface area contributed by atoms with Crippen LogP contribution in [0.15, 0.2) is 26.0 Å². The van der Waals surface area contributed by atoms with Gasteiger partial charge in [0.25, 0.3) is 15.9 Å². The zero-order valence-corrected chi connectivity index (χ0v) is 23.4. The van der Waals surface area contributed by atoms with Crippen LogP contribution in [-0.2, 0) is 31.4 Å². The lowest BCUT2D eigenvalue weighted by molar-refractivity contribution is -0.133. The van der Waals surface area contributed by atoms with E-state index in [-0.39, 0.29) is 57.0 Å². The molecule has 0 spiro atoms. The molecule has 1 aromatic heterocycles. The van der Waals surface area contributed by atoms with Gasteiger partial charge in [0, 0.05) is 30.6 Å². The molecule has 2 atom stereocenters. The van der Waals surface area contributed by atoms with Crippen LogP contribution in [0.1, 0.15) is 69.8 Å². The smallest absolute Gasteiger partial charge is 0.287 e.